The Hall–Kier alpha value is -0.650. The van der Waals surface area contributed by atoms with E-state index in [-0.39, 0.29) is 0 Å². The van der Waals surface area contributed by atoms with Crippen molar-refractivity contribution in [2.75, 3.05) is 7.11 Å². The number of aliphatic hydroxyl groups is 1. The standard InChI is InChI=1S/C14H19P.CH4O/c1-10-3-6-13(14(15)9-10)8-11(2)7-12-4-5-12;1-2/h3,6-7,9,11H,4-5,8,15H2,1-2H3;2H,1H3. The number of rotatable bonds is 3. The number of benzene rings is 1. The highest BCUT2D eigenvalue weighted by molar-refractivity contribution is 7.27. The maximum atomic E-state index is 7.00. The van der Waals surface area contributed by atoms with Crippen LogP contribution in [0, 0.1) is 12.8 Å². The fourth-order valence-electron chi connectivity index (χ4n) is 1.95. The van der Waals surface area contributed by atoms with Crippen LogP contribution in [0.1, 0.15) is 30.9 Å². The Bertz CT molecular complexity index is 390. The van der Waals surface area contributed by atoms with Crippen LogP contribution >= 0.6 is 9.24 Å². The zero-order chi connectivity index (χ0) is 12.8. The molecule has 0 radical (unpaired) electrons. The van der Waals surface area contributed by atoms with Crippen molar-refractivity contribution in [1.29, 1.82) is 0 Å². The molecule has 0 spiro atoms. The van der Waals surface area contributed by atoms with Crippen LogP contribution in [-0.4, -0.2) is 12.2 Å². The van der Waals surface area contributed by atoms with Crippen molar-refractivity contribution in [3.63, 3.8) is 0 Å². The first kappa shape index (κ1) is 14.4. The maximum Gasteiger partial charge on any atom is 0.0319 e. The van der Waals surface area contributed by atoms with Gasteiger partial charge in [-0.05, 0) is 43.0 Å². The molecule has 1 aromatic rings. The van der Waals surface area contributed by atoms with Crippen molar-refractivity contribution < 1.29 is 5.11 Å². The van der Waals surface area contributed by atoms with Crippen LogP contribution in [0.5, 0.6) is 0 Å². The van der Waals surface area contributed by atoms with Crippen molar-refractivity contribution >= 4 is 14.5 Å². The average molecular weight is 250 g/mol. The lowest BCUT2D eigenvalue weighted by atomic mass is 9.99. The van der Waals surface area contributed by atoms with E-state index in [1.807, 2.05) is 0 Å². The largest absolute Gasteiger partial charge is 0.400 e. The highest BCUT2D eigenvalue weighted by Crippen LogP contribution is 2.29. The summed E-state index contributed by atoms with van der Waals surface area (Å²) >= 11 is 0. The third-order valence-electron chi connectivity index (χ3n) is 2.90. The van der Waals surface area contributed by atoms with Gasteiger partial charge < -0.3 is 5.11 Å². The van der Waals surface area contributed by atoms with Gasteiger partial charge in [0.2, 0.25) is 0 Å². The Morgan fingerprint density at radius 1 is 1.35 bits per heavy atom. The summed E-state index contributed by atoms with van der Waals surface area (Å²) < 4.78 is 0. The molecule has 17 heavy (non-hydrogen) atoms. The van der Waals surface area contributed by atoms with Crippen LogP contribution in [0.25, 0.3) is 0 Å². The van der Waals surface area contributed by atoms with Gasteiger partial charge in [0.25, 0.3) is 0 Å². The van der Waals surface area contributed by atoms with Gasteiger partial charge in [-0.2, -0.15) is 0 Å². The van der Waals surface area contributed by atoms with E-state index >= 15 is 0 Å². The molecule has 94 valence electrons. The van der Waals surface area contributed by atoms with Crippen LogP contribution in [0.2, 0.25) is 0 Å². The lowest BCUT2D eigenvalue weighted by molar-refractivity contribution is 0.399. The number of aryl methyl sites for hydroxylation is 1. The molecular weight excluding hydrogens is 227 g/mol. The van der Waals surface area contributed by atoms with Crippen LogP contribution in [0.3, 0.4) is 0 Å². The minimum atomic E-state index is 0.685. The molecule has 1 N–H and O–H groups in total. The first-order valence-corrected chi connectivity index (χ1v) is 6.72. The fourth-order valence-corrected chi connectivity index (χ4v) is 2.42. The predicted molar refractivity (Wildman–Crippen MR) is 78.9 cm³/mol. The second-order valence-electron chi connectivity index (χ2n) is 4.71. The van der Waals surface area contributed by atoms with E-state index < -0.39 is 0 Å². The summed E-state index contributed by atoms with van der Waals surface area (Å²) in [5.74, 6) is 0.685. The second-order valence-corrected chi connectivity index (χ2v) is 5.33. The minimum absolute atomic E-state index is 0.685. The summed E-state index contributed by atoms with van der Waals surface area (Å²) in [5.41, 5.74) is 4.47. The fraction of sp³-hybridized carbons (Fsp3) is 0.467. The summed E-state index contributed by atoms with van der Waals surface area (Å²) in [4.78, 5) is 0. The number of hydrogen-bond acceptors (Lipinski definition) is 1. The van der Waals surface area contributed by atoms with Crippen LogP contribution in [0.15, 0.2) is 29.8 Å². The molecule has 0 aromatic heterocycles. The lowest BCUT2D eigenvalue weighted by Crippen LogP contribution is -2.06. The molecule has 1 aromatic carbocycles. The van der Waals surface area contributed by atoms with Crippen molar-refractivity contribution in [3.05, 3.63) is 41.0 Å². The SMILES string of the molecule is CO.Cc1ccc(CC(C)C=C2CC2)c(P)c1. The second kappa shape index (κ2) is 6.93. The van der Waals surface area contributed by atoms with Crippen molar-refractivity contribution in [2.24, 2.45) is 5.92 Å². The Morgan fingerprint density at radius 2 is 2.00 bits per heavy atom. The van der Waals surface area contributed by atoms with Gasteiger partial charge in [0.1, 0.15) is 0 Å². The summed E-state index contributed by atoms with van der Waals surface area (Å²) in [7, 11) is 3.85. The predicted octanol–water partition coefficient (Wildman–Crippen LogP) is 3.00. The number of allylic oxidation sites excluding steroid dienone is 2. The lowest BCUT2D eigenvalue weighted by Gasteiger charge is -2.10. The molecule has 0 bridgehead atoms. The average Bonchev–Trinajstić information content (AvgIpc) is 3.09. The molecule has 2 unspecified atom stereocenters. The molecule has 0 saturated heterocycles. The molecule has 2 rings (SSSR count). The topological polar surface area (TPSA) is 20.2 Å². The Morgan fingerprint density at radius 3 is 2.53 bits per heavy atom. The minimum Gasteiger partial charge on any atom is -0.400 e. The van der Waals surface area contributed by atoms with Crippen molar-refractivity contribution in [1.82, 2.24) is 0 Å². The van der Waals surface area contributed by atoms with E-state index in [9.17, 15) is 0 Å². The van der Waals surface area contributed by atoms with E-state index in [0.717, 1.165) is 7.11 Å². The summed E-state index contributed by atoms with van der Waals surface area (Å²) in [6.07, 6.45) is 6.30. The van der Waals surface area contributed by atoms with Gasteiger partial charge >= 0.3 is 0 Å². The first-order valence-electron chi connectivity index (χ1n) is 6.14. The van der Waals surface area contributed by atoms with Crippen LogP contribution < -0.4 is 5.30 Å². The zero-order valence-corrected chi connectivity index (χ0v) is 12.2. The van der Waals surface area contributed by atoms with Gasteiger partial charge in [0.15, 0.2) is 0 Å². The Balaban J connectivity index is 0.000000686. The third-order valence-corrected chi connectivity index (χ3v) is 3.44. The van der Waals surface area contributed by atoms with Gasteiger partial charge in [-0.25, -0.2) is 0 Å². The van der Waals surface area contributed by atoms with Gasteiger partial charge in [-0.3, -0.25) is 0 Å². The van der Waals surface area contributed by atoms with Crippen LogP contribution in [0.4, 0.5) is 0 Å². The molecule has 1 aliphatic rings. The summed E-state index contributed by atoms with van der Waals surface area (Å²) in [6.45, 7) is 4.46. The molecular formula is C15H23OP. The zero-order valence-electron chi connectivity index (χ0n) is 11.0. The number of aliphatic hydroxyl groups excluding tert-OH is 1. The highest BCUT2D eigenvalue weighted by atomic mass is 31.0. The Labute approximate surface area is 107 Å². The van der Waals surface area contributed by atoms with E-state index in [0.29, 0.717) is 5.92 Å². The van der Waals surface area contributed by atoms with Crippen LogP contribution in [-0.2, 0) is 6.42 Å². The van der Waals surface area contributed by atoms with E-state index in [4.69, 9.17) is 5.11 Å². The van der Waals surface area contributed by atoms with Crippen molar-refractivity contribution in [3.8, 4) is 0 Å². The molecule has 1 fully saturated rings. The molecule has 1 nitrogen and oxygen atoms in total. The summed E-state index contributed by atoms with van der Waals surface area (Å²) in [5, 5.41) is 8.36. The third kappa shape index (κ3) is 5.02. The van der Waals surface area contributed by atoms with Crippen molar-refractivity contribution in [2.45, 2.75) is 33.1 Å². The van der Waals surface area contributed by atoms with Gasteiger partial charge in [0, 0.05) is 7.11 Å². The smallest absolute Gasteiger partial charge is 0.0319 e. The normalized spacial score (nSPS) is 14.8. The van der Waals surface area contributed by atoms with E-state index in [1.54, 1.807) is 5.57 Å². The molecule has 1 aliphatic carbocycles. The highest BCUT2D eigenvalue weighted by Gasteiger charge is 2.13. The first-order chi connectivity index (χ1) is 8.15. The monoisotopic (exact) mass is 250 g/mol. The van der Waals surface area contributed by atoms with Gasteiger partial charge in [-0.15, -0.1) is 9.24 Å². The molecule has 0 aliphatic heterocycles. The quantitative estimate of drug-likeness (QED) is 0.646. The molecule has 0 amide bonds. The number of hydrogen-bond donors (Lipinski definition) is 1. The van der Waals surface area contributed by atoms with Gasteiger partial charge in [-0.1, -0.05) is 42.3 Å². The maximum absolute atomic E-state index is 7.00. The molecule has 2 heteroatoms. The van der Waals surface area contributed by atoms with Gasteiger partial charge in [0.05, 0.1) is 0 Å². The summed E-state index contributed by atoms with van der Waals surface area (Å²) in [6, 6.07) is 6.72. The van der Waals surface area contributed by atoms with E-state index in [1.165, 1.54) is 35.7 Å². The van der Waals surface area contributed by atoms with E-state index in [2.05, 4.69) is 47.4 Å². The molecule has 1 saturated carbocycles. The molecule has 0 heterocycles. The molecule has 2 atom stereocenters. The Kier molecular flexibility index (Phi) is 5.88.